The first-order valence-electron chi connectivity index (χ1n) is 4.09. The van der Waals surface area contributed by atoms with Gasteiger partial charge in [0.1, 0.15) is 5.78 Å². The molecule has 1 aliphatic heterocycles. The summed E-state index contributed by atoms with van der Waals surface area (Å²) in [5.41, 5.74) is 0. The molecule has 1 heterocycles. The van der Waals surface area contributed by atoms with E-state index in [0.29, 0.717) is 18.9 Å². The van der Waals surface area contributed by atoms with Crippen molar-refractivity contribution in [2.24, 2.45) is 0 Å². The zero-order chi connectivity index (χ0) is 9.23. The molecule has 1 saturated heterocycles. The molecule has 1 rings (SSSR count). The van der Waals surface area contributed by atoms with Gasteiger partial charge in [-0.05, 0) is 6.92 Å². The molecule has 1 aliphatic rings. The highest BCUT2D eigenvalue weighted by molar-refractivity contribution is 5.79. The van der Waals surface area contributed by atoms with Gasteiger partial charge in [-0.15, -0.1) is 0 Å². The number of hydrogen-bond acceptors (Lipinski definition) is 4. The Morgan fingerprint density at radius 3 is 2.25 bits per heavy atom. The van der Waals surface area contributed by atoms with Gasteiger partial charge >= 0.3 is 0 Å². The van der Waals surface area contributed by atoms with Crippen molar-refractivity contribution in [3.63, 3.8) is 0 Å². The summed E-state index contributed by atoms with van der Waals surface area (Å²) in [7, 11) is 0. The minimum Gasteiger partial charge on any atom is -0.468 e. The van der Waals surface area contributed by atoms with Crippen molar-refractivity contribution < 1.29 is 14.3 Å². The van der Waals surface area contributed by atoms with E-state index in [9.17, 15) is 9.59 Å². The van der Waals surface area contributed by atoms with Crippen LogP contribution in [-0.2, 0) is 14.3 Å². The summed E-state index contributed by atoms with van der Waals surface area (Å²) in [5, 5.41) is 3.09. The molecule has 4 heteroatoms. The van der Waals surface area contributed by atoms with Gasteiger partial charge in [-0.2, -0.15) is 0 Å². The normalized spacial score (nSPS) is 15.9. The highest BCUT2D eigenvalue weighted by Crippen LogP contribution is 1.91. The predicted octanol–water partition coefficient (Wildman–Crippen LogP) is 0.118. The third-order valence-electron chi connectivity index (χ3n) is 1.40. The van der Waals surface area contributed by atoms with E-state index in [-0.39, 0.29) is 0 Å². The molecule has 0 unspecified atom stereocenters. The van der Waals surface area contributed by atoms with Crippen LogP contribution < -0.4 is 5.32 Å². The number of Topliss-reactive ketones (excluding diaryl/α,β-unsaturated/α-hetero) is 1. The van der Waals surface area contributed by atoms with Crippen molar-refractivity contribution in [2.75, 3.05) is 19.7 Å². The van der Waals surface area contributed by atoms with Gasteiger partial charge in [0.05, 0.1) is 6.61 Å². The van der Waals surface area contributed by atoms with Gasteiger partial charge in [0.15, 0.2) is 0 Å². The first-order chi connectivity index (χ1) is 5.81. The number of carbonyl (C=O) groups is 2. The molecule has 1 fully saturated rings. The molecule has 0 aromatic rings. The average Bonchev–Trinajstić information content (AvgIpc) is 2.08. The van der Waals surface area contributed by atoms with Crippen LogP contribution in [0.2, 0.25) is 0 Å². The monoisotopic (exact) mass is 173 g/mol. The lowest BCUT2D eigenvalue weighted by molar-refractivity contribution is -0.128. The SMILES string of the molecule is CCOC=O.O=C1CCNCC1. The second-order valence-electron chi connectivity index (χ2n) is 2.34. The number of rotatable bonds is 2. The summed E-state index contributed by atoms with van der Waals surface area (Å²) in [5.74, 6) is 0.402. The van der Waals surface area contributed by atoms with Gasteiger partial charge in [0.2, 0.25) is 0 Å². The van der Waals surface area contributed by atoms with Gasteiger partial charge in [-0.3, -0.25) is 9.59 Å². The van der Waals surface area contributed by atoms with Crippen LogP contribution in [0.3, 0.4) is 0 Å². The Morgan fingerprint density at radius 2 is 2.08 bits per heavy atom. The number of ether oxygens (including phenoxy) is 1. The van der Waals surface area contributed by atoms with Gasteiger partial charge in [-0.1, -0.05) is 0 Å². The van der Waals surface area contributed by atoms with Crippen LogP contribution in [0.5, 0.6) is 0 Å². The van der Waals surface area contributed by atoms with Crippen molar-refractivity contribution in [3.8, 4) is 0 Å². The average molecular weight is 173 g/mol. The smallest absolute Gasteiger partial charge is 0.293 e. The summed E-state index contributed by atoms with van der Waals surface area (Å²) < 4.78 is 4.15. The highest BCUT2D eigenvalue weighted by atomic mass is 16.5. The fourth-order valence-corrected chi connectivity index (χ4v) is 0.774. The molecule has 12 heavy (non-hydrogen) atoms. The summed E-state index contributed by atoms with van der Waals surface area (Å²) >= 11 is 0. The van der Waals surface area contributed by atoms with E-state index in [2.05, 4.69) is 10.1 Å². The number of piperidine rings is 1. The van der Waals surface area contributed by atoms with Crippen LogP contribution in [-0.4, -0.2) is 32.0 Å². The summed E-state index contributed by atoms with van der Waals surface area (Å²) in [6, 6.07) is 0. The van der Waals surface area contributed by atoms with Gasteiger partial charge in [0.25, 0.3) is 6.47 Å². The van der Waals surface area contributed by atoms with E-state index >= 15 is 0 Å². The molecule has 70 valence electrons. The lowest BCUT2D eigenvalue weighted by Crippen LogP contribution is -2.27. The molecule has 1 N–H and O–H groups in total. The maximum atomic E-state index is 10.4. The molecule has 0 atom stereocenters. The molecule has 0 bridgehead atoms. The largest absolute Gasteiger partial charge is 0.468 e. The van der Waals surface area contributed by atoms with E-state index < -0.39 is 0 Å². The molecular weight excluding hydrogens is 158 g/mol. The van der Waals surface area contributed by atoms with Crippen molar-refractivity contribution in [1.29, 1.82) is 0 Å². The topological polar surface area (TPSA) is 55.4 Å². The molecule has 0 aromatic carbocycles. The van der Waals surface area contributed by atoms with Crippen LogP contribution >= 0.6 is 0 Å². The summed E-state index contributed by atoms with van der Waals surface area (Å²) in [6.45, 7) is 4.44. The number of hydrogen-bond donors (Lipinski definition) is 1. The maximum Gasteiger partial charge on any atom is 0.293 e. The van der Waals surface area contributed by atoms with Crippen molar-refractivity contribution in [2.45, 2.75) is 19.8 Å². The van der Waals surface area contributed by atoms with Crippen LogP contribution in [0.1, 0.15) is 19.8 Å². The number of ketones is 1. The molecule has 0 saturated carbocycles. The number of nitrogens with one attached hydrogen (secondary N) is 1. The first kappa shape index (κ1) is 11.1. The Labute approximate surface area is 72.3 Å². The molecular formula is C8H15NO3. The van der Waals surface area contributed by atoms with E-state index in [0.717, 1.165) is 25.9 Å². The Kier molecular flexibility index (Phi) is 7.58. The van der Waals surface area contributed by atoms with Crippen LogP contribution in [0.25, 0.3) is 0 Å². The number of carbonyl (C=O) groups excluding carboxylic acids is 2. The zero-order valence-corrected chi connectivity index (χ0v) is 7.34. The maximum absolute atomic E-state index is 10.4. The third kappa shape index (κ3) is 7.21. The van der Waals surface area contributed by atoms with Crippen LogP contribution in [0.15, 0.2) is 0 Å². The second-order valence-corrected chi connectivity index (χ2v) is 2.34. The third-order valence-corrected chi connectivity index (χ3v) is 1.40. The standard InChI is InChI=1S/C5H9NO.C3H6O2/c7-5-1-3-6-4-2-5;1-2-5-3-4/h6H,1-4H2;3H,2H2,1H3. The molecule has 0 aliphatic carbocycles. The van der Waals surface area contributed by atoms with Gasteiger partial charge in [0, 0.05) is 25.9 Å². The fourth-order valence-electron chi connectivity index (χ4n) is 0.774. The van der Waals surface area contributed by atoms with E-state index in [4.69, 9.17) is 0 Å². The van der Waals surface area contributed by atoms with Gasteiger partial charge < -0.3 is 10.1 Å². The van der Waals surface area contributed by atoms with Crippen molar-refractivity contribution in [3.05, 3.63) is 0 Å². The lowest BCUT2D eigenvalue weighted by Gasteiger charge is -2.08. The molecule has 4 nitrogen and oxygen atoms in total. The predicted molar refractivity (Wildman–Crippen MR) is 44.8 cm³/mol. The van der Waals surface area contributed by atoms with Crippen molar-refractivity contribution in [1.82, 2.24) is 5.32 Å². The Hall–Kier alpha value is -0.900. The zero-order valence-electron chi connectivity index (χ0n) is 7.34. The van der Waals surface area contributed by atoms with E-state index in [1.807, 2.05) is 0 Å². The summed E-state index contributed by atoms with van der Waals surface area (Å²) in [4.78, 5) is 19.6. The quantitative estimate of drug-likeness (QED) is 0.602. The lowest BCUT2D eigenvalue weighted by atomic mass is 10.1. The first-order valence-corrected chi connectivity index (χ1v) is 4.09. The minimum absolute atomic E-state index is 0.402. The van der Waals surface area contributed by atoms with E-state index in [1.54, 1.807) is 6.92 Å². The Balaban J connectivity index is 0.000000217. The molecule has 0 amide bonds. The summed E-state index contributed by atoms with van der Waals surface area (Å²) in [6.07, 6.45) is 1.47. The molecule has 0 spiro atoms. The Bertz CT molecular complexity index is 128. The minimum atomic E-state index is 0.402. The van der Waals surface area contributed by atoms with Crippen LogP contribution in [0.4, 0.5) is 0 Å². The van der Waals surface area contributed by atoms with Crippen LogP contribution in [0, 0.1) is 0 Å². The fraction of sp³-hybridized carbons (Fsp3) is 0.750. The molecule has 0 aromatic heterocycles. The highest BCUT2D eigenvalue weighted by Gasteiger charge is 2.04. The van der Waals surface area contributed by atoms with E-state index in [1.165, 1.54) is 0 Å². The Morgan fingerprint density at radius 1 is 1.50 bits per heavy atom. The van der Waals surface area contributed by atoms with Crippen molar-refractivity contribution >= 4 is 12.3 Å². The van der Waals surface area contributed by atoms with Gasteiger partial charge in [-0.25, -0.2) is 0 Å². The molecule has 0 radical (unpaired) electrons. The second kappa shape index (κ2) is 8.20.